The molecule has 9 rings (SSSR count). The van der Waals surface area contributed by atoms with E-state index in [1.807, 2.05) is 0 Å². The number of halogens is 1. The van der Waals surface area contributed by atoms with Crippen LogP contribution in [0.3, 0.4) is 0 Å². The van der Waals surface area contributed by atoms with E-state index in [1.165, 1.54) is 47.7 Å². The van der Waals surface area contributed by atoms with Crippen molar-refractivity contribution in [1.29, 1.82) is 0 Å². The summed E-state index contributed by atoms with van der Waals surface area (Å²) in [6.45, 7) is 0. The zero-order valence-corrected chi connectivity index (χ0v) is 37.9. The van der Waals surface area contributed by atoms with Gasteiger partial charge in [-0.1, -0.05) is 273 Å². The average Bonchev–Trinajstić information content (AvgIpc) is 3.34. The van der Waals surface area contributed by atoms with Crippen LogP contribution in [0.25, 0.3) is 0 Å². The third-order valence-electron chi connectivity index (χ3n) is 9.13. The maximum atomic E-state index is 4.61. The fraction of sp³-hybridized carbons (Fsp3) is 0. The molecule has 0 saturated carbocycles. The molecule has 0 fully saturated rings. The Morgan fingerprint density at radius 1 is 0.169 bits per heavy atom. The molecule has 59 heavy (non-hydrogen) atoms. The molecule has 0 aliphatic heterocycles. The molecule has 9 aromatic rings. The molecule has 292 valence electrons. The minimum atomic E-state index is -0.446. The Morgan fingerprint density at radius 3 is 0.339 bits per heavy atom. The van der Waals surface area contributed by atoms with Crippen LogP contribution in [0.1, 0.15) is 0 Å². The van der Waals surface area contributed by atoms with Gasteiger partial charge in [-0.15, -0.1) is 0 Å². The average molecular weight is 924 g/mol. The predicted molar refractivity (Wildman–Crippen MR) is 263 cm³/mol. The van der Waals surface area contributed by atoms with Crippen molar-refractivity contribution in [3.8, 4) is 0 Å². The fourth-order valence-corrected chi connectivity index (χ4v) is 13.5. The second kappa shape index (κ2) is 25.0. The summed E-state index contributed by atoms with van der Waals surface area (Å²) >= 11 is 1.62. The SMILES string of the molecule is [Cl][RuH].c1ccc(P(c2ccccc2)c2ccccc2)cc1.c1ccc(P(c2ccccc2)c2ccccc2)cc1.c1ccc(P(c2ccccc2)c2ccccc2)cc1. The Labute approximate surface area is 369 Å². The van der Waals surface area contributed by atoms with Gasteiger partial charge in [0, 0.05) is 0 Å². The van der Waals surface area contributed by atoms with Crippen LogP contribution >= 0.6 is 33.5 Å². The second-order valence-electron chi connectivity index (χ2n) is 13.0. The van der Waals surface area contributed by atoms with Gasteiger partial charge in [-0.05, 0) is 71.5 Å². The quantitative estimate of drug-likeness (QED) is 0.1000. The molecule has 0 N–H and O–H groups in total. The minimum absolute atomic E-state index is 0.446. The van der Waals surface area contributed by atoms with E-state index in [2.05, 4.69) is 283 Å². The van der Waals surface area contributed by atoms with E-state index < -0.39 is 23.8 Å². The van der Waals surface area contributed by atoms with Gasteiger partial charge in [0.1, 0.15) is 0 Å². The van der Waals surface area contributed by atoms with Gasteiger partial charge in [-0.3, -0.25) is 0 Å². The number of hydrogen-bond acceptors (Lipinski definition) is 0. The van der Waals surface area contributed by atoms with E-state index in [-0.39, 0.29) is 0 Å². The summed E-state index contributed by atoms with van der Waals surface area (Å²) in [4.78, 5) is 0. The summed E-state index contributed by atoms with van der Waals surface area (Å²) in [6, 6.07) is 97.0. The maximum Gasteiger partial charge on any atom is -0.0134 e. The van der Waals surface area contributed by atoms with E-state index in [0.717, 1.165) is 0 Å². The third kappa shape index (κ3) is 13.1. The molecular weight excluding hydrogens is 878 g/mol. The van der Waals surface area contributed by atoms with Crippen molar-refractivity contribution in [3.63, 3.8) is 0 Å². The van der Waals surface area contributed by atoms with Crippen LogP contribution in [-0.2, 0) is 17.3 Å². The molecule has 0 aliphatic carbocycles. The van der Waals surface area contributed by atoms with Crippen LogP contribution in [0.15, 0.2) is 273 Å². The number of benzene rings is 9. The van der Waals surface area contributed by atoms with Gasteiger partial charge in [-0.2, -0.15) is 0 Å². The summed E-state index contributed by atoms with van der Waals surface area (Å²) in [5, 5.41) is 12.6. The van der Waals surface area contributed by atoms with Gasteiger partial charge >= 0.3 is 27.0 Å². The first-order chi connectivity index (χ1) is 29.3. The zero-order valence-electron chi connectivity index (χ0n) is 32.6. The molecule has 0 radical (unpaired) electrons. The van der Waals surface area contributed by atoms with Crippen LogP contribution in [0.5, 0.6) is 0 Å². The molecule has 5 heteroatoms. The largest absolute Gasteiger partial charge is 0.0622 e. The molecule has 0 spiro atoms. The molecule has 0 nitrogen and oxygen atoms in total. The summed E-state index contributed by atoms with van der Waals surface area (Å²) in [6.07, 6.45) is 0. The van der Waals surface area contributed by atoms with Crippen molar-refractivity contribution in [2.24, 2.45) is 0 Å². The van der Waals surface area contributed by atoms with Crippen molar-refractivity contribution in [2.45, 2.75) is 0 Å². The van der Waals surface area contributed by atoms with Crippen molar-refractivity contribution in [1.82, 2.24) is 0 Å². The van der Waals surface area contributed by atoms with E-state index >= 15 is 0 Å². The van der Waals surface area contributed by atoms with Crippen LogP contribution < -0.4 is 47.7 Å². The molecule has 0 aliphatic rings. The van der Waals surface area contributed by atoms with Gasteiger partial charge in [0.25, 0.3) is 0 Å². The van der Waals surface area contributed by atoms with Crippen molar-refractivity contribution >= 4 is 81.2 Å². The Bertz CT molecular complexity index is 1870. The summed E-state index contributed by atoms with van der Waals surface area (Å²) in [7, 11) is 3.27. The third-order valence-corrected chi connectivity index (χ3v) is 16.5. The Balaban J connectivity index is 0.000000146. The van der Waals surface area contributed by atoms with Gasteiger partial charge < -0.3 is 0 Å². The molecule has 0 unspecified atom stereocenters. The predicted octanol–water partition coefficient (Wildman–Crippen LogP) is 10.8. The fourth-order valence-electron chi connectivity index (χ4n) is 6.54. The maximum absolute atomic E-state index is 4.61. The Morgan fingerprint density at radius 2 is 0.254 bits per heavy atom. The Kier molecular flexibility index (Phi) is 18.5. The van der Waals surface area contributed by atoms with Gasteiger partial charge in [0.2, 0.25) is 0 Å². The smallest absolute Gasteiger partial charge is 0.0134 e. The zero-order chi connectivity index (χ0) is 40.7. The van der Waals surface area contributed by atoms with Gasteiger partial charge in [-0.25, -0.2) is 0 Å². The van der Waals surface area contributed by atoms with Crippen molar-refractivity contribution < 1.29 is 17.3 Å². The normalized spacial score (nSPS) is 10.3. The molecule has 0 amide bonds. The Hall–Kier alpha value is -4.82. The topological polar surface area (TPSA) is 0 Å². The molecule has 0 aromatic heterocycles. The van der Waals surface area contributed by atoms with Gasteiger partial charge in [0.05, 0.1) is 0 Å². The van der Waals surface area contributed by atoms with E-state index in [1.54, 1.807) is 17.3 Å². The first-order valence-corrected chi connectivity index (χ1v) is 25.8. The summed E-state index contributed by atoms with van der Waals surface area (Å²) < 4.78 is 0. The van der Waals surface area contributed by atoms with E-state index in [4.69, 9.17) is 0 Å². The van der Waals surface area contributed by atoms with Crippen LogP contribution in [0.4, 0.5) is 0 Å². The number of rotatable bonds is 9. The molecule has 0 saturated heterocycles. The van der Waals surface area contributed by atoms with Crippen LogP contribution in [-0.4, -0.2) is 0 Å². The molecule has 0 bridgehead atoms. The molecule has 9 aromatic carbocycles. The molecule has 0 atom stereocenters. The first kappa shape index (κ1) is 43.8. The number of hydrogen-bond donors (Lipinski definition) is 0. The summed E-state index contributed by atoms with van der Waals surface area (Å²) in [5.74, 6) is 0. The summed E-state index contributed by atoms with van der Waals surface area (Å²) in [5.41, 5.74) is 0. The van der Waals surface area contributed by atoms with Crippen molar-refractivity contribution in [3.05, 3.63) is 273 Å². The van der Waals surface area contributed by atoms with Crippen LogP contribution in [0.2, 0.25) is 0 Å². The van der Waals surface area contributed by atoms with Gasteiger partial charge in [0.15, 0.2) is 0 Å². The van der Waals surface area contributed by atoms with E-state index in [0.29, 0.717) is 0 Å². The van der Waals surface area contributed by atoms with Crippen molar-refractivity contribution in [2.75, 3.05) is 0 Å². The molecular formula is C54H46ClP3Ru. The minimum Gasteiger partial charge on any atom is -0.0622 e. The molecule has 0 heterocycles. The standard InChI is InChI=1S/3C18H15P.ClH.Ru.H/c3*1-4-10-16(11-5-1)19(17-12-6-2-7-13-17)18-14-8-3-9-15-18;;;/h3*1-15H;1H;;/q;;;;+1;/p-1. The second-order valence-corrected chi connectivity index (χ2v) is 19.7. The monoisotopic (exact) mass is 924 g/mol. The van der Waals surface area contributed by atoms with Crippen LogP contribution in [0, 0.1) is 0 Å². The van der Waals surface area contributed by atoms with E-state index in [9.17, 15) is 0 Å². The first-order valence-electron chi connectivity index (χ1n) is 19.4.